The van der Waals surface area contributed by atoms with Crippen molar-refractivity contribution in [3.63, 3.8) is 0 Å². The number of hydrogen-bond donors (Lipinski definition) is 0. The van der Waals surface area contributed by atoms with Crippen LogP contribution >= 0.6 is 7.92 Å². The molecule has 66 valence electrons. The van der Waals surface area contributed by atoms with E-state index in [1.165, 1.54) is 18.2 Å². The largest absolute Gasteiger partial charge is 0.104 e. The lowest BCUT2D eigenvalue weighted by molar-refractivity contribution is 0.781. The van der Waals surface area contributed by atoms with Gasteiger partial charge in [0.25, 0.3) is 0 Å². The smallest absolute Gasteiger partial charge is 0.0182 e. The fraction of sp³-hybridized carbons (Fsp3) is 0.800. The molecule has 0 aromatic rings. The van der Waals surface area contributed by atoms with Gasteiger partial charge in [0.15, 0.2) is 0 Å². The predicted octanol–water partition coefficient (Wildman–Crippen LogP) is 3.86. The maximum atomic E-state index is 3.92. The van der Waals surface area contributed by atoms with Gasteiger partial charge in [-0.25, -0.2) is 0 Å². The molecule has 0 saturated carbocycles. The van der Waals surface area contributed by atoms with Crippen LogP contribution < -0.4 is 0 Å². The molecule has 0 amide bonds. The summed E-state index contributed by atoms with van der Waals surface area (Å²) in [5.74, 6) is 0. The minimum absolute atomic E-state index is 0.185. The summed E-state index contributed by atoms with van der Waals surface area (Å²) in [7, 11) is 0.185. The number of hydrogen-bond acceptors (Lipinski definition) is 0. The predicted molar refractivity (Wildman–Crippen MR) is 56.9 cm³/mol. The highest BCUT2D eigenvalue weighted by atomic mass is 31.1. The van der Waals surface area contributed by atoms with Crippen molar-refractivity contribution in [2.24, 2.45) is 0 Å². The quantitative estimate of drug-likeness (QED) is 0.448. The van der Waals surface area contributed by atoms with Crippen LogP contribution in [0.25, 0.3) is 0 Å². The Morgan fingerprint density at radius 2 is 1.82 bits per heavy atom. The van der Waals surface area contributed by atoms with E-state index in [4.69, 9.17) is 0 Å². The van der Waals surface area contributed by atoms with Crippen molar-refractivity contribution in [3.8, 4) is 0 Å². The molecule has 11 heavy (non-hydrogen) atoms. The van der Waals surface area contributed by atoms with E-state index >= 15 is 0 Å². The zero-order chi connectivity index (χ0) is 9.07. The molecule has 0 N–H and O–H groups in total. The molecule has 1 heteroatoms. The van der Waals surface area contributed by atoms with Gasteiger partial charge >= 0.3 is 0 Å². The van der Waals surface area contributed by atoms with Gasteiger partial charge in [-0.2, -0.15) is 0 Å². The zero-order valence-electron chi connectivity index (χ0n) is 8.57. The second-order valence-corrected chi connectivity index (χ2v) is 7.48. The molecule has 0 aromatic heterocycles. The van der Waals surface area contributed by atoms with E-state index in [9.17, 15) is 0 Å². The lowest BCUT2D eigenvalue weighted by atomic mass is 10.2. The third-order valence-corrected chi connectivity index (χ3v) is 5.20. The highest BCUT2D eigenvalue weighted by Gasteiger charge is 2.18. The third-order valence-electron chi connectivity index (χ3n) is 2.02. The molecule has 1 atom stereocenters. The molecule has 0 spiro atoms. The molecular formula is C10H21P. The maximum Gasteiger partial charge on any atom is -0.0182 e. The van der Waals surface area contributed by atoms with Gasteiger partial charge in [0.1, 0.15) is 0 Å². The first-order valence-corrected chi connectivity index (χ1v) is 6.17. The van der Waals surface area contributed by atoms with Gasteiger partial charge in [0.2, 0.25) is 0 Å². The van der Waals surface area contributed by atoms with Crippen molar-refractivity contribution in [3.05, 3.63) is 12.2 Å². The standard InChI is InChI=1S/C10H21P/c1-9(2)7-8-11(6)10(3,4)5/h1,7-8H2,2-6H3. The Morgan fingerprint density at radius 1 is 1.36 bits per heavy atom. The van der Waals surface area contributed by atoms with Crippen LogP contribution in [0.5, 0.6) is 0 Å². The van der Waals surface area contributed by atoms with Crippen LogP contribution in [0.3, 0.4) is 0 Å². The Balaban J connectivity index is 3.70. The Morgan fingerprint density at radius 3 is 2.09 bits per heavy atom. The van der Waals surface area contributed by atoms with Gasteiger partial charge in [-0.3, -0.25) is 0 Å². The van der Waals surface area contributed by atoms with Crippen LogP contribution in [0.15, 0.2) is 12.2 Å². The highest BCUT2D eigenvalue weighted by Crippen LogP contribution is 2.46. The second-order valence-electron chi connectivity index (χ2n) is 4.30. The van der Waals surface area contributed by atoms with Gasteiger partial charge in [-0.15, -0.1) is 14.5 Å². The second kappa shape index (κ2) is 4.26. The molecule has 0 aliphatic rings. The minimum Gasteiger partial charge on any atom is -0.104 e. The van der Waals surface area contributed by atoms with Crippen LogP contribution in [0.4, 0.5) is 0 Å². The molecule has 0 rings (SSSR count). The molecule has 0 aliphatic carbocycles. The molecule has 0 bridgehead atoms. The lowest BCUT2D eigenvalue weighted by Crippen LogP contribution is -2.12. The van der Waals surface area contributed by atoms with E-state index in [0.29, 0.717) is 5.16 Å². The van der Waals surface area contributed by atoms with Crippen molar-refractivity contribution >= 4 is 7.92 Å². The highest BCUT2D eigenvalue weighted by molar-refractivity contribution is 7.58. The first kappa shape index (κ1) is 11.2. The molecule has 0 radical (unpaired) electrons. The zero-order valence-corrected chi connectivity index (χ0v) is 9.46. The average Bonchev–Trinajstić information content (AvgIpc) is 1.80. The monoisotopic (exact) mass is 172 g/mol. The Hall–Kier alpha value is 0.170. The molecule has 1 unspecified atom stereocenters. The van der Waals surface area contributed by atoms with E-state index in [-0.39, 0.29) is 7.92 Å². The van der Waals surface area contributed by atoms with Gasteiger partial charge in [-0.05, 0) is 31.3 Å². The summed E-state index contributed by atoms with van der Waals surface area (Å²) in [6.45, 7) is 15.4. The fourth-order valence-corrected chi connectivity index (χ4v) is 2.08. The van der Waals surface area contributed by atoms with E-state index in [0.717, 1.165) is 0 Å². The van der Waals surface area contributed by atoms with Gasteiger partial charge < -0.3 is 0 Å². The summed E-state index contributed by atoms with van der Waals surface area (Å²) in [4.78, 5) is 0. The maximum absolute atomic E-state index is 3.92. The van der Waals surface area contributed by atoms with E-state index < -0.39 is 0 Å². The summed E-state index contributed by atoms with van der Waals surface area (Å²) in [6, 6.07) is 0. The van der Waals surface area contributed by atoms with Crippen LogP contribution in [-0.2, 0) is 0 Å². The molecule has 0 aliphatic heterocycles. The van der Waals surface area contributed by atoms with Crippen LogP contribution in [0.2, 0.25) is 0 Å². The molecular weight excluding hydrogens is 151 g/mol. The van der Waals surface area contributed by atoms with Gasteiger partial charge in [0.05, 0.1) is 0 Å². The SMILES string of the molecule is C=C(C)CCP(C)C(C)(C)C. The van der Waals surface area contributed by atoms with Crippen LogP contribution in [-0.4, -0.2) is 18.0 Å². The summed E-state index contributed by atoms with van der Waals surface area (Å²) in [5, 5.41) is 0.519. The van der Waals surface area contributed by atoms with Crippen molar-refractivity contribution in [1.29, 1.82) is 0 Å². The number of rotatable bonds is 3. The topological polar surface area (TPSA) is 0 Å². The van der Waals surface area contributed by atoms with Crippen molar-refractivity contribution in [1.82, 2.24) is 0 Å². The normalized spacial score (nSPS) is 14.6. The Bertz CT molecular complexity index is 130. The van der Waals surface area contributed by atoms with Crippen LogP contribution in [0.1, 0.15) is 34.1 Å². The van der Waals surface area contributed by atoms with E-state index in [1.54, 1.807) is 0 Å². The summed E-state index contributed by atoms with van der Waals surface area (Å²) in [6.07, 6.45) is 2.55. The summed E-state index contributed by atoms with van der Waals surface area (Å²) < 4.78 is 0. The van der Waals surface area contributed by atoms with Crippen molar-refractivity contribution in [2.75, 3.05) is 12.8 Å². The molecule has 0 nitrogen and oxygen atoms in total. The summed E-state index contributed by atoms with van der Waals surface area (Å²) in [5.41, 5.74) is 1.32. The summed E-state index contributed by atoms with van der Waals surface area (Å²) >= 11 is 0. The lowest BCUT2D eigenvalue weighted by Gasteiger charge is -2.27. The van der Waals surface area contributed by atoms with E-state index in [1.807, 2.05) is 0 Å². The van der Waals surface area contributed by atoms with Gasteiger partial charge in [0, 0.05) is 0 Å². The van der Waals surface area contributed by atoms with Crippen LogP contribution in [0, 0.1) is 0 Å². The minimum atomic E-state index is 0.185. The third kappa shape index (κ3) is 5.44. The Labute approximate surface area is 72.8 Å². The van der Waals surface area contributed by atoms with E-state index in [2.05, 4.69) is 40.9 Å². The molecule has 0 fully saturated rings. The van der Waals surface area contributed by atoms with Crippen molar-refractivity contribution in [2.45, 2.75) is 39.3 Å². The number of allylic oxidation sites excluding steroid dienone is 1. The fourth-order valence-electron chi connectivity index (χ4n) is 0.694. The molecule has 0 saturated heterocycles. The first-order valence-electron chi connectivity index (χ1n) is 4.19. The molecule has 0 aromatic carbocycles. The average molecular weight is 172 g/mol. The van der Waals surface area contributed by atoms with Gasteiger partial charge in [-0.1, -0.05) is 26.3 Å². The molecule has 0 heterocycles. The first-order chi connectivity index (χ1) is 4.84. The Kier molecular flexibility index (Phi) is 4.32. The van der Waals surface area contributed by atoms with Crippen molar-refractivity contribution < 1.29 is 0 Å².